The molecule has 0 bridgehead atoms. The van der Waals surface area contributed by atoms with E-state index in [1.54, 1.807) is 31.2 Å². The van der Waals surface area contributed by atoms with E-state index in [4.69, 9.17) is 5.11 Å². The van der Waals surface area contributed by atoms with Crippen LogP contribution in [-0.4, -0.2) is 41.9 Å². The predicted octanol–water partition coefficient (Wildman–Crippen LogP) is 1.80. The Morgan fingerprint density at radius 2 is 2.09 bits per heavy atom. The third-order valence-electron chi connectivity index (χ3n) is 3.08. The maximum Gasteiger partial charge on any atom is 0.318 e. The predicted molar refractivity (Wildman–Crippen MR) is 83.1 cm³/mol. The Morgan fingerprint density at radius 3 is 2.73 bits per heavy atom. The number of hydrogen-bond donors (Lipinski definition) is 1. The normalized spacial score (nSPS) is 11.7. The Morgan fingerprint density at radius 1 is 1.36 bits per heavy atom. The van der Waals surface area contributed by atoms with Gasteiger partial charge in [0.2, 0.25) is 10.0 Å². The number of nitrogens with zero attached hydrogens (tertiary/aromatic N) is 2. The topological polar surface area (TPSA) is 87.6 Å². The van der Waals surface area contributed by atoms with Gasteiger partial charge >= 0.3 is 5.97 Å². The van der Waals surface area contributed by atoms with Crippen LogP contribution in [0.4, 0.5) is 0 Å². The lowest BCUT2D eigenvalue weighted by Crippen LogP contribution is -2.36. The van der Waals surface area contributed by atoms with Gasteiger partial charge < -0.3 is 5.11 Å². The number of aliphatic carboxylic acids is 1. The number of aryl methyl sites for hydroxylation is 1. The summed E-state index contributed by atoms with van der Waals surface area (Å²) in [5, 5.41) is 9.60. The number of rotatable bonds is 6. The molecule has 0 saturated carbocycles. The summed E-state index contributed by atoms with van der Waals surface area (Å²) < 4.78 is 26.4. The van der Waals surface area contributed by atoms with Crippen molar-refractivity contribution in [3.63, 3.8) is 0 Å². The van der Waals surface area contributed by atoms with Crippen LogP contribution >= 0.6 is 0 Å². The summed E-state index contributed by atoms with van der Waals surface area (Å²) in [6.45, 7) is 4.53. The number of carbonyl (C=O) groups is 1. The molecule has 0 spiro atoms. The summed E-state index contributed by atoms with van der Waals surface area (Å²) >= 11 is 0. The third-order valence-corrected chi connectivity index (χ3v) is 4.93. The summed E-state index contributed by atoms with van der Waals surface area (Å²) in [6.07, 6.45) is 1.35. The fourth-order valence-electron chi connectivity index (χ4n) is 2.11. The average molecular weight is 320 g/mol. The number of carboxylic acid groups (broad SMARTS) is 1. The van der Waals surface area contributed by atoms with E-state index in [0.717, 1.165) is 4.31 Å². The molecule has 0 fully saturated rings. The fraction of sp³-hybridized carbons (Fsp3) is 0.200. The van der Waals surface area contributed by atoms with Crippen molar-refractivity contribution < 1.29 is 18.3 Å². The molecule has 7 heteroatoms. The Bertz CT molecular complexity index is 831. The van der Waals surface area contributed by atoms with E-state index in [1.807, 2.05) is 0 Å². The van der Waals surface area contributed by atoms with Gasteiger partial charge in [0.05, 0.1) is 5.52 Å². The number of sulfonamides is 1. The molecule has 6 nitrogen and oxygen atoms in total. The third kappa shape index (κ3) is 3.15. The minimum atomic E-state index is -3.98. The molecule has 0 aliphatic heterocycles. The molecule has 0 aliphatic carbocycles. The van der Waals surface area contributed by atoms with E-state index < -0.39 is 22.5 Å². The summed E-state index contributed by atoms with van der Waals surface area (Å²) in [5.41, 5.74) is 1.02. The van der Waals surface area contributed by atoms with Crippen molar-refractivity contribution in [3.05, 3.63) is 48.7 Å². The minimum Gasteiger partial charge on any atom is -0.480 e. The van der Waals surface area contributed by atoms with Gasteiger partial charge in [-0.05, 0) is 19.1 Å². The van der Waals surface area contributed by atoms with Crippen molar-refractivity contribution in [3.8, 4) is 0 Å². The Kier molecular flexibility index (Phi) is 4.58. The molecule has 0 saturated heterocycles. The molecular weight excluding hydrogens is 304 g/mol. The molecule has 1 aromatic carbocycles. The molecule has 116 valence electrons. The second kappa shape index (κ2) is 6.25. The highest BCUT2D eigenvalue weighted by Gasteiger charge is 2.27. The van der Waals surface area contributed by atoms with Gasteiger partial charge in [-0.3, -0.25) is 9.78 Å². The SMILES string of the molecule is C=CCN(CC(=O)O)S(=O)(=O)c1cccc2ccc(C)nc12. The van der Waals surface area contributed by atoms with Crippen molar-refractivity contribution in [2.45, 2.75) is 11.8 Å². The molecule has 1 heterocycles. The number of benzene rings is 1. The summed E-state index contributed by atoms with van der Waals surface area (Å²) in [5.74, 6) is -1.23. The molecule has 22 heavy (non-hydrogen) atoms. The van der Waals surface area contributed by atoms with E-state index in [-0.39, 0.29) is 11.4 Å². The van der Waals surface area contributed by atoms with Crippen molar-refractivity contribution in [2.75, 3.05) is 13.1 Å². The fourth-order valence-corrected chi connectivity index (χ4v) is 3.63. The van der Waals surface area contributed by atoms with Crippen LogP contribution in [0.1, 0.15) is 5.69 Å². The number of aromatic nitrogens is 1. The number of fused-ring (bicyclic) bond motifs is 1. The standard InChI is InChI=1S/C15H16N2O4S/c1-3-9-17(10-14(18)19)22(20,21)13-6-4-5-12-8-7-11(2)16-15(12)13/h3-8H,1,9-10H2,2H3,(H,18,19). The van der Waals surface area contributed by atoms with Gasteiger partial charge in [0.1, 0.15) is 11.4 Å². The first kappa shape index (κ1) is 16.1. The smallest absolute Gasteiger partial charge is 0.318 e. The zero-order valence-electron chi connectivity index (χ0n) is 12.1. The van der Waals surface area contributed by atoms with Crippen LogP contribution in [0.15, 0.2) is 47.9 Å². The molecule has 0 atom stereocenters. The number of para-hydroxylation sites is 1. The lowest BCUT2D eigenvalue weighted by Gasteiger charge is -2.19. The monoisotopic (exact) mass is 320 g/mol. The first-order chi connectivity index (χ1) is 10.4. The first-order valence-electron chi connectivity index (χ1n) is 6.55. The molecule has 0 aliphatic rings. The van der Waals surface area contributed by atoms with Crippen LogP contribution in [0.3, 0.4) is 0 Å². The Hall–Kier alpha value is -2.25. The van der Waals surface area contributed by atoms with Crippen LogP contribution in [0.2, 0.25) is 0 Å². The molecule has 1 aromatic heterocycles. The van der Waals surface area contributed by atoms with Crippen LogP contribution in [-0.2, 0) is 14.8 Å². The van der Waals surface area contributed by atoms with E-state index in [2.05, 4.69) is 11.6 Å². The Labute approximate surface area is 128 Å². The summed E-state index contributed by atoms with van der Waals surface area (Å²) in [6, 6.07) is 8.38. The van der Waals surface area contributed by atoms with Crippen LogP contribution < -0.4 is 0 Å². The van der Waals surface area contributed by atoms with Gasteiger partial charge in [-0.2, -0.15) is 4.31 Å². The Balaban J connectivity index is 2.63. The van der Waals surface area contributed by atoms with Crippen LogP contribution in [0, 0.1) is 6.92 Å². The van der Waals surface area contributed by atoms with Gasteiger partial charge in [-0.25, -0.2) is 8.42 Å². The average Bonchev–Trinajstić information content (AvgIpc) is 2.45. The molecule has 2 rings (SSSR count). The van der Waals surface area contributed by atoms with Crippen molar-refractivity contribution >= 4 is 26.9 Å². The molecular formula is C15H16N2O4S. The van der Waals surface area contributed by atoms with Crippen LogP contribution in [0.25, 0.3) is 10.9 Å². The maximum atomic E-state index is 12.8. The highest BCUT2D eigenvalue weighted by atomic mass is 32.2. The van der Waals surface area contributed by atoms with E-state index in [0.29, 0.717) is 16.6 Å². The van der Waals surface area contributed by atoms with Crippen molar-refractivity contribution in [1.29, 1.82) is 0 Å². The van der Waals surface area contributed by atoms with E-state index in [9.17, 15) is 13.2 Å². The lowest BCUT2D eigenvalue weighted by atomic mass is 10.2. The molecule has 0 radical (unpaired) electrons. The van der Waals surface area contributed by atoms with E-state index >= 15 is 0 Å². The zero-order chi connectivity index (χ0) is 16.3. The quantitative estimate of drug-likeness (QED) is 0.820. The molecule has 0 unspecified atom stereocenters. The largest absolute Gasteiger partial charge is 0.480 e. The highest BCUT2D eigenvalue weighted by Crippen LogP contribution is 2.24. The number of carboxylic acids is 1. The van der Waals surface area contributed by atoms with Gasteiger partial charge in [-0.15, -0.1) is 6.58 Å². The van der Waals surface area contributed by atoms with Gasteiger partial charge in [0.15, 0.2) is 0 Å². The zero-order valence-corrected chi connectivity index (χ0v) is 12.9. The van der Waals surface area contributed by atoms with Crippen molar-refractivity contribution in [1.82, 2.24) is 9.29 Å². The summed E-state index contributed by atoms with van der Waals surface area (Å²) in [4.78, 5) is 15.2. The molecule has 2 aromatic rings. The van der Waals surface area contributed by atoms with Crippen molar-refractivity contribution in [2.24, 2.45) is 0 Å². The lowest BCUT2D eigenvalue weighted by molar-refractivity contribution is -0.137. The first-order valence-corrected chi connectivity index (χ1v) is 7.99. The minimum absolute atomic E-state index is 0.00296. The number of hydrogen-bond acceptors (Lipinski definition) is 4. The second-order valence-electron chi connectivity index (χ2n) is 4.76. The summed E-state index contributed by atoms with van der Waals surface area (Å²) in [7, 11) is -3.98. The van der Waals surface area contributed by atoms with Gasteiger partial charge in [0, 0.05) is 17.6 Å². The number of pyridine rings is 1. The molecule has 0 amide bonds. The van der Waals surface area contributed by atoms with Gasteiger partial charge in [-0.1, -0.05) is 24.3 Å². The van der Waals surface area contributed by atoms with E-state index in [1.165, 1.54) is 12.1 Å². The van der Waals surface area contributed by atoms with Gasteiger partial charge in [0.25, 0.3) is 0 Å². The molecule has 1 N–H and O–H groups in total. The highest BCUT2D eigenvalue weighted by molar-refractivity contribution is 7.89. The maximum absolute atomic E-state index is 12.8. The second-order valence-corrected chi connectivity index (χ2v) is 6.67. The van der Waals surface area contributed by atoms with Crippen LogP contribution in [0.5, 0.6) is 0 Å².